The lowest BCUT2D eigenvalue weighted by Gasteiger charge is -2.02. The van der Waals surface area contributed by atoms with Gasteiger partial charge in [-0.2, -0.15) is 0 Å². The summed E-state index contributed by atoms with van der Waals surface area (Å²) < 4.78 is 0. The molecule has 0 unspecified atom stereocenters. The van der Waals surface area contributed by atoms with Crippen molar-refractivity contribution in [1.29, 1.82) is 0 Å². The van der Waals surface area contributed by atoms with E-state index in [9.17, 15) is 0 Å². The standard InChI is InChI=1S/C9H13ClN2/c10-9-3-1-2-8(6-9)7-12-5-4-11/h1-3,6,12H,4-5,7,11H2. The lowest BCUT2D eigenvalue weighted by molar-refractivity contribution is 0.695. The van der Waals surface area contributed by atoms with E-state index < -0.39 is 0 Å². The van der Waals surface area contributed by atoms with Gasteiger partial charge in [0, 0.05) is 24.7 Å². The molecule has 0 aliphatic carbocycles. The monoisotopic (exact) mass is 184 g/mol. The third kappa shape index (κ3) is 3.22. The van der Waals surface area contributed by atoms with Crippen molar-refractivity contribution in [2.24, 2.45) is 5.73 Å². The Morgan fingerprint density at radius 1 is 1.42 bits per heavy atom. The summed E-state index contributed by atoms with van der Waals surface area (Å²) in [5.74, 6) is 0. The van der Waals surface area contributed by atoms with E-state index in [1.807, 2.05) is 24.3 Å². The molecule has 0 radical (unpaired) electrons. The van der Waals surface area contributed by atoms with Crippen molar-refractivity contribution < 1.29 is 0 Å². The molecule has 0 heterocycles. The van der Waals surface area contributed by atoms with Gasteiger partial charge in [0.15, 0.2) is 0 Å². The molecule has 0 spiro atoms. The Labute approximate surface area is 77.7 Å². The fraction of sp³-hybridized carbons (Fsp3) is 0.333. The highest BCUT2D eigenvalue weighted by molar-refractivity contribution is 6.30. The largest absolute Gasteiger partial charge is 0.329 e. The molecule has 0 aliphatic heterocycles. The number of nitrogens with two attached hydrogens (primary N) is 1. The maximum Gasteiger partial charge on any atom is 0.0409 e. The Morgan fingerprint density at radius 2 is 2.25 bits per heavy atom. The summed E-state index contributed by atoms with van der Waals surface area (Å²) in [5, 5.41) is 3.97. The molecule has 0 aliphatic rings. The van der Waals surface area contributed by atoms with Crippen molar-refractivity contribution in [3.63, 3.8) is 0 Å². The van der Waals surface area contributed by atoms with Crippen LogP contribution in [0, 0.1) is 0 Å². The Hall–Kier alpha value is -0.570. The van der Waals surface area contributed by atoms with E-state index in [2.05, 4.69) is 5.32 Å². The van der Waals surface area contributed by atoms with Crippen molar-refractivity contribution >= 4 is 11.6 Å². The number of halogens is 1. The summed E-state index contributed by atoms with van der Waals surface area (Å²) in [5.41, 5.74) is 6.52. The van der Waals surface area contributed by atoms with E-state index in [1.165, 1.54) is 5.56 Å². The Kier molecular flexibility index (Phi) is 4.08. The number of hydrogen-bond donors (Lipinski definition) is 2. The molecule has 0 bridgehead atoms. The third-order valence-corrected chi connectivity index (χ3v) is 1.77. The predicted molar refractivity (Wildman–Crippen MR) is 52.2 cm³/mol. The summed E-state index contributed by atoms with van der Waals surface area (Å²) in [6.07, 6.45) is 0. The van der Waals surface area contributed by atoms with Gasteiger partial charge in [-0.1, -0.05) is 23.7 Å². The van der Waals surface area contributed by atoms with Crippen LogP contribution >= 0.6 is 11.6 Å². The first kappa shape index (κ1) is 9.52. The molecule has 1 aromatic carbocycles. The van der Waals surface area contributed by atoms with E-state index in [4.69, 9.17) is 17.3 Å². The van der Waals surface area contributed by atoms with Crippen LogP contribution in [-0.4, -0.2) is 13.1 Å². The first-order valence-corrected chi connectivity index (χ1v) is 4.36. The predicted octanol–water partition coefficient (Wildman–Crippen LogP) is 1.39. The average molecular weight is 185 g/mol. The molecule has 3 heteroatoms. The second-order valence-corrected chi connectivity index (χ2v) is 3.03. The number of nitrogens with one attached hydrogen (secondary N) is 1. The van der Waals surface area contributed by atoms with Gasteiger partial charge in [-0.25, -0.2) is 0 Å². The maximum absolute atomic E-state index is 5.81. The zero-order valence-electron chi connectivity index (χ0n) is 6.89. The summed E-state index contributed by atoms with van der Waals surface area (Å²) >= 11 is 5.81. The molecule has 2 nitrogen and oxygen atoms in total. The maximum atomic E-state index is 5.81. The zero-order valence-corrected chi connectivity index (χ0v) is 7.64. The van der Waals surface area contributed by atoms with Crippen LogP contribution in [-0.2, 0) is 6.54 Å². The van der Waals surface area contributed by atoms with Crippen LogP contribution < -0.4 is 11.1 Å². The minimum Gasteiger partial charge on any atom is -0.329 e. The van der Waals surface area contributed by atoms with Crippen molar-refractivity contribution in [1.82, 2.24) is 5.32 Å². The first-order valence-electron chi connectivity index (χ1n) is 3.98. The molecule has 0 aromatic heterocycles. The van der Waals surface area contributed by atoms with Gasteiger partial charge >= 0.3 is 0 Å². The second kappa shape index (κ2) is 5.14. The second-order valence-electron chi connectivity index (χ2n) is 2.60. The fourth-order valence-electron chi connectivity index (χ4n) is 0.982. The summed E-state index contributed by atoms with van der Waals surface area (Å²) in [6.45, 7) is 2.34. The molecular formula is C9H13ClN2. The first-order chi connectivity index (χ1) is 5.83. The third-order valence-electron chi connectivity index (χ3n) is 1.54. The zero-order chi connectivity index (χ0) is 8.81. The summed E-state index contributed by atoms with van der Waals surface area (Å²) in [4.78, 5) is 0. The van der Waals surface area contributed by atoms with Gasteiger partial charge < -0.3 is 11.1 Å². The van der Waals surface area contributed by atoms with Crippen molar-refractivity contribution in [2.75, 3.05) is 13.1 Å². The van der Waals surface area contributed by atoms with Crippen LogP contribution in [0.4, 0.5) is 0 Å². The van der Waals surface area contributed by atoms with Gasteiger partial charge in [-0.05, 0) is 17.7 Å². The van der Waals surface area contributed by atoms with Gasteiger partial charge in [0.05, 0.1) is 0 Å². The van der Waals surface area contributed by atoms with Gasteiger partial charge in [0.1, 0.15) is 0 Å². The molecule has 0 saturated heterocycles. The fourth-order valence-corrected chi connectivity index (χ4v) is 1.19. The molecule has 0 fully saturated rings. The highest BCUT2D eigenvalue weighted by Crippen LogP contribution is 2.09. The molecule has 3 N–H and O–H groups in total. The molecule has 0 saturated carbocycles. The van der Waals surface area contributed by atoms with Crippen molar-refractivity contribution in [3.8, 4) is 0 Å². The van der Waals surface area contributed by atoms with E-state index in [0.717, 1.165) is 18.1 Å². The van der Waals surface area contributed by atoms with Gasteiger partial charge in [-0.3, -0.25) is 0 Å². The van der Waals surface area contributed by atoms with Crippen molar-refractivity contribution in [3.05, 3.63) is 34.9 Å². The minimum absolute atomic E-state index is 0.667. The lowest BCUT2D eigenvalue weighted by Crippen LogP contribution is -2.21. The van der Waals surface area contributed by atoms with Gasteiger partial charge in [0.25, 0.3) is 0 Å². The molecular weight excluding hydrogens is 172 g/mol. The van der Waals surface area contributed by atoms with Crippen LogP contribution in [0.5, 0.6) is 0 Å². The van der Waals surface area contributed by atoms with E-state index >= 15 is 0 Å². The normalized spacial score (nSPS) is 10.2. The Morgan fingerprint density at radius 3 is 2.92 bits per heavy atom. The van der Waals surface area contributed by atoms with E-state index in [0.29, 0.717) is 6.54 Å². The summed E-state index contributed by atoms with van der Waals surface area (Å²) in [7, 11) is 0. The minimum atomic E-state index is 0.667. The van der Waals surface area contributed by atoms with Crippen LogP contribution in [0.3, 0.4) is 0 Å². The SMILES string of the molecule is NCCNCc1cccc(Cl)c1. The Balaban J connectivity index is 2.41. The van der Waals surface area contributed by atoms with Gasteiger partial charge in [0.2, 0.25) is 0 Å². The quantitative estimate of drug-likeness (QED) is 0.695. The smallest absolute Gasteiger partial charge is 0.0409 e. The van der Waals surface area contributed by atoms with Crippen LogP contribution in [0.25, 0.3) is 0 Å². The topological polar surface area (TPSA) is 38.0 Å². The molecule has 12 heavy (non-hydrogen) atoms. The molecule has 1 aromatic rings. The highest BCUT2D eigenvalue weighted by Gasteiger charge is 1.92. The molecule has 66 valence electrons. The van der Waals surface area contributed by atoms with E-state index in [1.54, 1.807) is 0 Å². The van der Waals surface area contributed by atoms with Gasteiger partial charge in [-0.15, -0.1) is 0 Å². The number of benzene rings is 1. The van der Waals surface area contributed by atoms with Crippen LogP contribution in [0.2, 0.25) is 5.02 Å². The Bertz CT molecular complexity index is 238. The average Bonchev–Trinajstić information content (AvgIpc) is 2.05. The van der Waals surface area contributed by atoms with Crippen LogP contribution in [0.15, 0.2) is 24.3 Å². The lowest BCUT2D eigenvalue weighted by atomic mass is 10.2. The molecule has 1 rings (SSSR count). The van der Waals surface area contributed by atoms with E-state index in [-0.39, 0.29) is 0 Å². The highest BCUT2D eigenvalue weighted by atomic mass is 35.5. The number of rotatable bonds is 4. The van der Waals surface area contributed by atoms with Crippen LogP contribution in [0.1, 0.15) is 5.56 Å². The number of hydrogen-bond acceptors (Lipinski definition) is 2. The summed E-state index contributed by atoms with van der Waals surface area (Å²) in [6, 6.07) is 7.80. The molecule has 0 amide bonds. The molecule has 0 atom stereocenters. The van der Waals surface area contributed by atoms with Crippen molar-refractivity contribution in [2.45, 2.75) is 6.54 Å².